The summed E-state index contributed by atoms with van der Waals surface area (Å²) < 4.78 is 14.9. The maximum Gasteiger partial charge on any atom is 0.208 e. The van der Waals surface area contributed by atoms with Gasteiger partial charge in [0.15, 0.2) is 0 Å². The molecule has 0 aliphatic rings. The third-order valence-corrected chi connectivity index (χ3v) is 2.84. The zero-order valence-electron chi connectivity index (χ0n) is 8.77. The normalized spacial score (nSPS) is 10.9. The molecule has 0 spiro atoms. The highest BCUT2D eigenvalue weighted by Crippen LogP contribution is 2.24. The summed E-state index contributed by atoms with van der Waals surface area (Å²) in [6.45, 7) is 0. The molecule has 1 aromatic heterocycles. The molecular weight excluding hydrogens is 239 g/mol. The van der Waals surface area contributed by atoms with Crippen LogP contribution in [0.25, 0.3) is 16.7 Å². The highest BCUT2D eigenvalue weighted by molar-refractivity contribution is 6.29. The maximum atomic E-state index is 13.2. The van der Waals surface area contributed by atoms with Crippen LogP contribution in [-0.2, 0) is 0 Å². The SMILES string of the molecule is Fc1cccc(-n2c(Cl)nc3ccccc32)c1. The molecule has 2 aromatic carbocycles. The number of fused-ring (bicyclic) bond motifs is 1. The lowest BCUT2D eigenvalue weighted by Crippen LogP contribution is -1.94. The second kappa shape index (κ2) is 3.86. The average Bonchev–Trinajstić information content (AvgIpc) is 2.64. The fraction of sp³-hybridized carbons (Fsp3) is 0. The Kier molecular flexibility index (Phi) is 2.34. The van der Waals surface area contributed by atoms with E-state index in [2.05, 4.69) is 4.98 Å². The van der Waals surface area contributed by atoms with E-state index in [4.69, 9.17) is 11.6 Å². The summed E-state index contributed by atoms with van der Waals surface area (Å²) in [6.07, 6.45) is 0. The topological polar surface area (TPSA) is 17.8 Å². The monoisotopic (exact) mass is 246 g/mol. The van der Waals surface area contributed by atoms with E-state index in [-0.39, 0.29) is 5.82 Å². The molecule has 0 aliphatic carbocycles. The molecule has 0 atom stereocenters. The van der Waals surface area contributed by atoms with Gasteiger partial charge in [-0.2, -0.15) is 0 Å². The number of hydrogen-bond donors (Lipinski definition) is 0. The first-order chi connectivity index (χ1) is 8.25. The van der Waals surface area contributed by atoms with Crippen molar-refractivity contribution in [3.63, 3.8) is 0 Å². The molecule has 0 aliphatic heterocycles. The van der Waals surface area contributed by atoms with Crippen LogP contribution in [-0.4, -0.2) is 9.55 Å². The molecule has 3 aromatic rings. The Morgan fingerprint density at radius 3 is 2.71 bits per heavy atom. The van der Waals surface area contributed by atoms with E-state index in [0.717, 1.165) is 11.0 Å². The third-order valence-electron chi connectivity index (χ3n) is 2.59. The van der Waals surface area contributed by atoms with E-state index in [1.54, 1.807) is 16.7 Å². The summed E-state index contributed by atoms with van der Waals surface area (Å²) in [4.78, 5) is 4.23. The predicted molar refractivity (Wildman–Crippen MR) is 66.0 cm³/mol. The Labute approximate surface area is 102 Å². The van der Waals surface area contributed by atoms with Gasteiger partial charge in [-0.1, -0.05) is 18.2 Å². The summed E-state index contributed by atoms with van der Waals surface area (Å²) in [5, 5.41) is 0.330. The Morgan fingerprint density at radius 2 is 1.88 bits per heavy atom. The Morgan fingerprint density at radius 1 is 1.06 bits per heavy atom. The molecular formula is C13H8ClFN2. The van der Waals surface area contributed by atoms with Crippen LogP contribution in [0.3, 0.4) is 0 Å². The van der Waals surface area contributed by atoms with Crippen molar-refractivity contribution in [3.8, 4) is 5.69 Å². The molecule has 0 N–H and O–H groups in total. The number of hydrogen-bond acceptors (Lipinski definition) is 1. The van der Waals surface area contributed by atoms with Crippen molar-refractivity contribution in [2.24, 2.45) is 0 Å². The van der Waals surface area contributed by atoms with Crippen molar-refractivity contribution >= 4 is 22.6 Å². The van der Waals surface area contributed by atoms with Gasteiger partial charge in [0.1, 0.15) is 5.82 Å². The van der Waals surface area contributed by atoms with Crippen molar-refractivity contribution in [1.29, 1.82) is 0 Å². The standard InChI is InChI=1S/C13H8ClFN2/c14-13-16-11-6-1-2-7-12(11)17(13)10-5-3-4-9(15)8-10/h1-8H. The van der Waals surface area contributed by atoms with Gasteiger partial charge in [-0.15, -0.1) is 0 Å². The van der Waals surface area contributed by atoms with E-state index < -0.39 is 0 Å². The molecule has 0 saturated carbocycles. The highest BCUT2D eigenvalue weighted by Gasteiger charge is 2.10. The molecule has 0 fully saturated rings. The van der Waals surface area contributed by atoms with Crippen LogP contribution in [0.1, 0.15) is 0 Å². The molecule has 0 radical (unpaired) electrons. The zero-order chi connectivity index (χ0) is 11.8. The molecule has 4 heteroatoms. The van der Waals surface area contributed by atoms with E-state index in [9.17, 15) is 4.39 Å². The van der Waals surface area contributed by atoms with E-state index in [0.29, 0.717) is 11.0 Å². The van der Waals surface area contributed by atoms with Crippen LogP contribution in [0.2, 0.25) is 5.28 Å². The van der Waals surface area contributed by atoms with Gasteiger partial charge in [-0.05, 0) is 41.9 Å². The number of halogens is 2. The largest absolute Gasteiger partial charge is 0.283 e. The van der Waals surface area contributed by atoms with Crippen LogP contribution in [0.5, 0.6) is 0 Å². The molecule has 0 bridgehead atoms. The van der Waals surface area contributed by atoms with E-state index in [1.165, 1.54) is 12.1 Å². The number of nitrogens with zero attached hydrogens (tertiary/aromatic N) is 2. The summed E-state index contributed by atoms with van der Waals surface area (Å²) in [7, 11) is 0. The predicted octanol–water partition coefficient (Wildman–Crippen LogP) is 3.82. The van der Waals surface area contributed by atoms with Gasteiger partial charge in [-0.25, -0.2) is 9.37 Å². The summed E-state index contributed by atoms with van der Waals surface area (Å²) in [5.41, 5.74) is 2.33. The number of para-hydroxylation sites is 2. The lowest BCUT2D eigenvalue weighted by Gasteiger charge is -2.05. The van der Waals surface area contributed by atoms with Gasteiger partial charge in [0, 0.05) is 0 Å². The van der Waals surface area contributed by atoms with Gasteiger partial charge in [0.05, 0.1) is 16.7 Å². The summed E-state index contributed by atoms with van der Waals surface area (Å²) in [5.74, 6) is -0.295. The first kappa shape index (κ1) is 10.3. The molecule has 0 amide bonds. The summed E-state index contributed by atoms with van der Waals surface area (Å²) in [6, 6.07) is 13.8. The minimum absolute atomic E-state index is 0.295. The number of benzene rings is 2. The quantitative estimate of drug-likeness (QED) is 0.638. The maximum absolute atomic E-state index is 13.2. The van der Waals surface area contributed by atoms with Crippen LogP contribution in [0.15, 0.2) is 48.5 Å². The van der Waals surface area contributed by atoms with Gasteiger partial charge in [0.25, 0.3) is 0 Å². The first-order valence-corrected chi connectivity index (χ1v) is 5.52. The third kappa shape index (κ3) is 1.68. The Balaban J connectivity index is 2.33. The van der Waals surface area contributed by atoms with Crippen LogP contribution in [0, 0.1) is 5.82 Å². The van der Waals surface area contributed by atoms with Gasteiger partial charge >= 0.3 is 0 Å². The van der Waals surface area contributed by atoms with Crippen molar-refractivity contribution in [2.75, 3.05) is 0 Å². The minimum Gasteiger partial charge on any atom is -0.283 e. The molecule has 0 saturated heterocycles. The van der Waals surface area contributed by atoms with Crippen molar-refractivity contribution in [1.82, 2.24) is 9.55 Å². The average molecular weight is 247 g/mol. The van der Waals surface area contributed by atoms with Crippen LogP contribution < -0.4 is 0 Å². The van der Waals surface area contributed by atoms with Crippen molar-refractivity contribution < 1.29 is 4.39 Å². The Hall–Kier alpha value is -1.87. The van der Waals surface area contributed by atoms with Gasteiger partial charge in [-0.3, -0.25) is 4.57 Å². The van der Waals surface area contributed by atoms with E-state index >= 15 is 0 Å². The van der Waals surface area contributed by atoms with Crippen LogP contribution >= 0.6 is 11.6 Å². The smallest absolute Gasteiger partial charge is 0.208 e. The fourth-order valence-corrected chi connectivity index (χ4v) is 2.14. The fourth-order valence-electron chi connectivity index (χ4n) is 1.86. The molecule has 0 unspecified atom stereocenters. The van der Waals surface area contributed by atoms with E-state index in [1.807, 2.05) is 24.3 Å². The van der Waals surface area contributed by atoms with Crippen molar-refractivity contribution in [2.45, 2.75) is 0 Å². The van der Waals surface area contributed by atoms with Gasteiger partial charge < -0.3 is 0 Å². The second-order valence-electron chi connectivity index (χ2n) is 3.68. The first-order valence-electron chi connectivity index (χ1n) is 5.14. The Bertz CT molecular complexity index is 691. The van der Waals surface area contributed by atoms with Gasteiger partial charge in [0.2, 0.25) is 5.28 Å². The molecule has 1 heterocycles. The summed E-state index contributed by atoms with van der Waals surface area (Å²) >= 11 is 6.08. The number of imidazole rings is 1. The molecule has 2 nitrogen and oxygen atoms in total. The second-order valence-corrected chi connectivity index (χ2v) is 4.02. The zero-order valence-corrected chi connectivity index (χ0v) is 9.53. The lowest BCUT2D eigenvalue weighted by molar-refractivity contribution is 0.627. The molecule has 17 heavy (non-hydrogen) atoms. The number of rotatable bonds is 1. The minimum atomic E-state index is -0.295. The number of aromatic nitrogens is 2. The molecule has 3 rings (SSSR count). The highest BCUT2D eigenvalue weighted by atomic mass is 35.5. The van der Waals surface area contributed by atoms with Crippen LogP contribution in [0.4, 0.5) is 4.39 Å². The van der Waals surface area contributed by atoms with Crippen molar-refractivity contribution in [3.05, 3.63) is 59.6 Å². The lowest BCUT2D eigenvalue weighted by atomic mass is 10.3. The molecule has 84 valence electrons.